The van der Waals surface area contributed by atoms with E-state index in [0.717, 1.165) is 18.6 Å². The van der Waals surface area contributed by atoms with Gasteiger partial charge in [0.15, 0.2) is 0 Å². The molecule has 0 saturated carbocycles. The van der Waals surface area contributed by atoms with E-state index in [0.29, 0.717) is 31.8 Å². The van der Waals surface area contributed by atoms with Gasteiger partial charge in [0.25, 0.3) is 5.91 Å². The SMILES string of the molecule is CC/C=C(/C)C(=O)N1CCN(C(=O)c2cccc(C(F)(F)F)c2)CC1. The van der Waals surface area contributed by atoms with E-state index in [9.17, 15) is 22.8 Å². The van der Waals surface area contributed by atoms with E-state index in [-0.39, 0.29) is 11.5 Å². The van der Waals surface area contributed by atoms with Crippen LogP contribution in [0.4, 0.5) is 13.2 Å². The van der Waals surface area contributed by atoms with Crippen LogP contribution < -0.4 is 0 Å². The minimum absolute atomic E-state index is 0.0108. The van der Waals surface area contributed by atoms with Gasteiger partial charge in [-0.2, -0.15) is 13.2 Å². The van der Waals surface area contributed by atoms with Gasteiger partial charge in [0.1, 0.15) is 0 Å². The first-order chi connectivity index (χ1) is 11.7. The highest BCUT2D eigenvalue weighted by atomic mass is 19.4. The number of allylic oxidation sites excluding steroid dienone is 1. The third-order valence-electron chi connectivity index (χ3n) is 4.14. The molecule has 0 bridgehead atoms. The van der Waals surface area contributed by atoms with Crippen molar-refractivity contribution in [3.05, 3.63) is 47.0 Å². The average molecular weight is 354 g/mol. The van der Waals surface area contributed by atoms with Gasteiger partial charge in [0.2, 0.25) is 5.91 Å². The van der Waals surface area contributed by atoms with E-state index in [1.54, 1.807) is 11.8 Å². The van der Waals surface area contributed by atoms with Crippen LogP contribution in [0.3, 0.4) is 0 Å². The lowest BCUT2D eigenvalue weighted by atomic mass is 10.1. The molecule has 0 unspecified atom stereocenters. The number of carbonyl (C=O) groups is 2. The molecule has 1 aliphatic heterocycles. The second-order valence-electron chi connectivity index (χ2n) is 5.96. The summed E-state index contributed by atoms with van der Waals surface area (Å²) in [5, 5.41) is 0. The van der Waals surface area contributed by atoms with Crippen LogP contribution in [0, 0.1) is 0 Å². The van der Waals surface area contributed by atoms with E-state index in [2.05, 4.69) is 0 Å². The number of halogens is 3. The average Bonchev–Trinajstić information content (AvgIpc) is 2.60. The fourth-order valence-corrected chi connectivity index (χ4v) is 2.77. The van der Waals surface area contributed by atoms with E-state index < -0.39 is 17.6 Å². The standard InChI is InChI=1S/C18H21F3N2O2/c1-3-5-13(2)16(24)22-8-10-23(11-9-22)17(25)14-6-4-7-15(12-14)18(19,20)21/h4-7,12H,3,8-11H2,1-2H3/b13-5-. The van der Waals surface area contributed by atoms with Gasteiger partial charge in [-0.05, 0) is 31.5 Å². The molecule has 136 valence electrons. The Bertz CT molecular complexity index is 675. The van der Waals surface area contributed by atoms with Crippen LogP contribution >= 0.6 is 0 Å². The molecular formula is C18H21F3N2O2. The summed E-state index contributed by atoms with van der Waals surface area (Å²) in [6, 6.07) is 4.42. The molecule has 1 heterocycles. The number of benzene rings is 1. The lowest BCUT2D eigenvalue weighted by Crippen LogP contribution is -2.50. The molecule has 2 rings (SSSR count). The Balaban J connectivity index is 2.02. The Morgan fingerprint density at radius 2 is 1.72 bits per heavy atom. The smallest absolute Gasteiger partial charge is 0.335 e. The Hall–Kier alpha value is -2.31. The number of carbonyl (C=O) groups excluding carboxylic acids is 2. The highest BCUT2D eigenvalue weighted by Crippen LogP contribution is 2.29. The van der Waals surface area contributed by atoms with Gasteiger partial charge in [-0.25, -0.2) is 0 Å². The molecular weight excluding hydrogens is 333 g/mol. The lowest BCUT2D eigenvalue weighted by molar-refractivity contribution is -0.137. The summed E-state index contributed by atoms with van der Waals surface area (Å²) in [5.41, 5.74) is -0.163. The summed E-state index contributed by atoms with van der Waals surface area (Å²) in [6.07, 6.45) is -1.86. The predicted molar refractivity (Wildman–Crippen MR) is 88.0 cm³/mol. The van der Waals surface area contributed by atoms with Gasteiger partial charge in [-0.15, -0.1) is 0 Å². The van der Waals surface area contributed by atoms with Gasteiger partial charge >= 0.3 is 6.18 Å². The first kappa shape index (κ1) is 19.0. The molecule has 0 aromatic heterocycles. The molecule has 1 aromatic rings. The topological polar surface area (TPSA) is 40.6 Å². The molecule has 0 radical (unpaired) electrons. The van der Waals surface area contributed by atoms with Crippen LogP contribution in [0.15, 0.2) is 35.9 Å². The Morgan fingerprint density at radius 3 is 2.28 bits per heavy atom. The normalized spacial score (nSPS) is 16.1. The Labute approximate surface area is 144 Å². The second kappa shape index (κ2) is 7.72. The molecule has 0 spiro atoms. The minimum atomic E-state index is -4.48. The van der Waals surface area contributed by atoms with Crippen molar-refractivity contribution in [2.75, 3.05) is 26.2 Å². The van der Waals surface area contributed by atoms with Gasteiger partial charge in [0, 0.05) is 37.3 Å². The molecule has 4 nitrogen and oxygen atoms in total. The number of hydrogen-bond donors (Lipinski definition) is 0. The van der Waals surface area contributed by atoms with Crippen molar-refractivity contribution in [1.29, 1.82) is 0 Å². The monoisotopic (exact) mass is 354 g/mol. The number of nitrogens with zero attached hydrogens (tertiary/aromatic N) is 2. The lowest BCUT2D eigenvalue weighted by Gasteiger charge is -2.35. The summed E-state index contributed by atoms with van der Waals surface area (Å²) >= 11 is 0. The summed E-state index contributed by atoms with van der Waals surface area (Å²) < 4.78 is 38.3. The van der Waals surface area contributed by atoms with E-state index in [1.807, 2.05) is 13.0 Å². The van der Waals surface area contributed by atoms with Crippen molar-refractivity contribution in [2.45, 2.75) is 26.4 Å². The highest BCUT2D eigenvalue weighted by Gasteiger charge is 2.32. The van der Waals surface area contributed by atoms with Crippen LogP contribution in [0.1, 0.15) is 36.2 Å². The summed E-state index contributed by atoms with van der Waals surface area (Å²) in [6.45, 7) is 5.06. The van der Waals surface area contributed by atoms with Gasteiger partial charge in [-0.3, -0.25) is 9.59 Å². The van der Waals surface area contributed by atoms with Gasteiger partial charge in [-0.1, -0.05) is 19.1 Å². The fourth-order valence-electron chi connectivity index (χ4n) is 2.77. The molecule has 7 heteroatoms. The third-order valence-corrected chi connectivity index (χ3v) is 4.14. The zero-order valence-electron chi connectivity index (χ0n) is 14.3. The maximum absolute atomic E-state index is 12.8. The van der Waals surface area contributed by atoms with Crippen LogP contribution in [0.2, 0.25) is 0 Å². The number of hydrogen-bond acceptors (Lipinski definition) is 2. The summed E-state index contributed by atoms with van der Waals surface area (Å²) in [5.74, 6) is -0.507. The van der Waals surface area contributed by atoms with Crippen molar-refractivity contribution in [1.82, 2.24) is 9.80 Å². The summed E-state index contributed by atoms with van der Waals surface area (Å²) in [7, 11) is 0. The first-order valence-electron chi connectivity index (χ1n) is 8.16. The molecule has 1 aliphatic rings. The quantitative estimate of drug-likeness (QED) is 0.781. The molecule has 2 amide bonds. The summed E-state index contributed by atoms with van der Waals surface area (Å²) in [4.78, 5) is 27.8. The second-order valence-corrected chi connectivity index (χ2v) is 5.96. The van der Waals surface area contributed by atoms with Crippen LogP contribution in [-0.2, 0) is 11.0 Å². The van der Waals surface area contributed by atoms with E-state index in [4.69, 9.17) is 0 Å². The zero-order chi connectivity index (χ0) is 18.6. The molecule has 0 aliphatic carbocycles. The third kappa shape index (κ3) is 4.61. The number of amides is 2. The fraction of sp³-hybridized carbons (Fsp3) is 0.444. The van der Waals surface area contributed by atoms with E-state index in [1.165, 1.54) is 17.0 Å². The van der Waals surface area contributed by atoms with Crippen molar-refractivity contribution in [3.63, 3.8) is 0 Å². The van der Waals surface area contributed by atoms with Crippen molar-refractivity contribution >= 4 is 11.8 Å². The highest BCUT2D eigenvalue weighted by molar-refractivity contribution is 5.95. The van der Waals surface area contributed by atoms with Crippen molar-refractivity contribution in [2.24, 2.45) is 0 Å². The minimum Gasteiger partial charge on any atom is -0.335 e. The van der Waals surface area contributed by atoms with Crippen LogP contribution in [0.25, 0.3) is 0 Å². The molecule has 1 saturated heterocycles. The molecule has 1 fully saturated rings. The maximum Gasteiger partial charge on any atom is 0.416 e. The largest absolute Gasteiger partial charge is 0.416 e. The van der Waals surface area contributed by atoms with Crippen LogP contribution in [-0.4, -0.2) is 47.8 Å². The van der Waals surface area contributed by atoms with Crippen molar-refractivity contribution < 1.29 is 22.8 Å². The number of piperazine rings is 1. The number of alkyl halides is 3. The maximum atomic E-state index is 12.8. The Kier molecular flexibility index (Phi) is 5.87. The first-order valence-corrected chi connectivity index (χ1v) is 8.16. The van der Waals surface area contributed by atoms with Crippen molar-refractivity contribution in [3.8, 4) is 0 Å². The zero-order valence-corrected chi connectivity index (χ0v) is 14.3. The predicted octanol–water partition coefficient (Wildman–Crippen LogP) is 3.35. The molecule has 1 aromatic carbocycles. The molecule has 25 heavy (non-hydrogen) atoms. The molecule has 0 atom stereocenters. The van der Waals surface area contributed by atoms with Gasteiger partial charge < -0.3 is 9.80 Å². The van der Waals surface area contributed by atoms with E-state index >= 15 is 0 Å². The number of rotatable bonds is 3. The Morgan fingerprint density at radius 1 is 1.12 bits per heavy atom. The van der Waals surface area contributed by atoms with Gasteiger partial charge in [0.05, 0.1) is 5.56 Å². The van der Waals surface area contributed by atoms with Crippen LogP contribution in [0.5, 0.6) is 0 Å². The molecule has 0 N–H and O–H groups in total.